The Bertz CT molecular complexity index is 1150. The summed E-state index contributed by atoms with van der Waals surface area (Å²) in [5.74, 6) is 1.61. The molecule has 0 fully saturated rings. The Morgan fingerprint density at radius 3 is 2.45 bits per heavy atom. The highest BCUT2D eigenvalue weighted by molar-refractivity contribution is 5.91. The van der Waals surface area contributed by atoms with Crippen LogP contribution in [-0.4, -0.2) is 24.0 Å². The number of nitrogens with zero attached hydrogens (tertiary/aromatic N) is 2. The highest BCUT2D eigenvalue weighted by Crippen LogP contribution is 2.37. The number of ether oxygens (including phenoxy) is 2. The van der Waals surface area contributed by atoms with Crippen molar-refractivity contribution in [2.75, 3.05) is 12.0 Å². The number of hydrogen-bond acceptors (Lipinski definition) is 5. The molecule has 0 bridgehead atoms. The van der Waals surface area contributed by atoms with E-state index in [1.807, 2.05) is 36.4 Å². The van der Waals surface area contributed by atoms with Crippen LogP contribution >= 0.6 is 0 Å². The fraction of sp³-hybridized carbons (Fsp3) is 0.286. The fourth-order valence-corrected chi connectivity index (χ4v) is 4.71. The number of carbonyl (C=O) groups excluding carboxylic acids is 1. The maximum absolute atomic E-state index is 12.2. The van der Waals surface area contributed by atoms with Gasteiger partial charge in [0.1, 0.15) is 6.10 Å². The molecule has 0 aliphatic heterocycles. The monoisotopic (exact) mass is 440 g/mol. The number of pyridine rings is 1. The lowest BCUT2D eigenvalue weighted by molar-refractivity contribution is -0.115. The average molecular weight is 441 g/mol. The van der Waals surface area contributed by atoms with Gasteiger partial charge < -0.3 is 14.4 Å². The van der Waals surface area contributed by atoms with Crippen LogP contribution in [0.4, 0.5) is 5.69 Å². The molecule has 2 aliphatic rings. The summed E-state index contributed by atoms with van der Waals surface area (Å²) in [4.78, 5) is 18.9. The van der Waals surface area contributed by atoms with E-state index in [4.69, 9.17) is 9.47 Å². The Kier molecular flexibility index (Phi) is 6.11. The first-order valence-corrected chi connectivity index (χ1v) is 11.5. The molecule has 5 nitrogen and oxygen atoms in total. The molecule has 3 aromatic rings. The van der Waals surface area contributed by atoms with Crippen molar-refractivity contribution in [2.45, 2.75) is 44.8 Å². The fourth-order valence-electron chi connectivity index (χ4n) is 4.71. The summed E-state index contributed by atoms with van der Waals surface area (Å²) < 4.78 is 12.1. The van der Waals surface area contributed by atoms with E-state index in [0.29, 0.717) is 18.7 Å². The first-order valence-electron chi connectivity index (χ1n) is 11.5. The van der Waals surface area contributed by atoms with E-state index in [9.17, 15) is 4.79 Å². The lowest BCUT2D eigenvalue weighted by Crippen LogP contribution is -2.25. The topological polar surface area (TPSA) is 51.7 Å². The average Bonchev–Trinajstić information content (AvgIpc) is 3.25. The highest BCUT2D eigenvalue weighted by atomic mass is 16.5. The summed E-state index contributed by atoms with van der Waals surface area (Å²) in [6, 6.07) is 20.4. The maximum atomic E-state index is 12.2. The number of ketones is 1. The summed E-state index contributed by atoms with van der Waals surface area (Å²) in [5, 5.41) is 0. The van der Waals surface area contributed by atoms with Crippen LogP contribution in [-0.2, 0) is 24.2 Å². The smallest absolute Gasteiger partial charge is 0.163 e. The molecule has 1 heterocycles. The number of carbonyl (C=O) groups is 1. The van der Waals surface area contributed by atoms with Crippen molar-refractivity contribution in [3.05, 3.63) is 95.5 Å². The zero-order valence-electron chi connectivity index (χ0n) is 18.9. The van der Waals surface area contributed by atoms with Gasteiger partial charge in [0.2, 0.25) is 0 Å². The Hall–Kier alpha value is -3.60. The van der Waals surface area contributed by atoms with Gasteiger partial charge in [0.05, 0.1) is 19.3 Å². The second-order valence-corrected chi connectivity index (χ2v) is 8.61. The number of anilines is 1. The number of methoxy groups -OCH3 is 1. The number of benzene rings is 2. The van der Waals surface area contributed by atoms with E-state index in [1.54, 1.807) is 19.4 Å². The zero-order chi connectivity index (χ0) is 22.6. The van der Waals surface area contributed by atoms with Crippen molar-refractivity contribution in [3.63, 3.8) is 0 Å². The van der Waals surface area contributed by atoms with Crippen LogP contribution in [0.2, 0.25) is 0 Å². The maximum Gasteiger partial charge on any atom is 0.163 e. The predicted octanol–water partition coefficient (Wildman–Crippen LogP) is 5.28. The van der Waals surface area contributed by atoms with Crippen molar-refractivity contribution in [3.8, 4) is 11.5 Å². The molecular formula is C28H28N2O3. The summed E-state index contributed by atoms with van der Waals surface area (Å²) in [7, 11) is 1.67. The van der Waals surface area contributed by atoms with Gasteiger partial charge in [-0.05, 0) is 48.2 Å². The summed E-state index contributed by atoms with van der Waals surface area (Å²) >= 11 is 0. The Morgan fingerprint density at radius 1 is 0.970 bits per heavy atom. The normalized spacial score (nSPS) is 15.7. The predicted molar refractivity (Wildman–Crippen MR) is 129 cm³/mol. The van der Waals surface area contributed by atoms with E-state index in [1.165, 1.54) is 11.1 Å². The van der Waals surface area contributed by atoms with Crippen LogP contribution in [0.15, 0.2) is 78.6 Å². The van der Waals surface area contributed by atoms with Gasteiger partial charge in [-0.1, -0.05) is 30.3 Å². The largest absolute Gasteiger partial charge is 0.493 e. The molecule has 5 rings (SSSR count). The third kappa shape index (κ3) is 4.77. The second-order valence-electron chi connectivity index (χ2n) is 8.61. The molecule has 1 aromatic heterocycles. The molecular weight excluding hydrogens is 412 g/mol. The van der Waals surface area contributed by atoms with Gasteiger partial charge in [-0.25, -0.2) is 0 Å². The molecule has 0 atom stereocenters. The molecule has 0 N–H and O–H groups in total. The Morgan fingerprint density at radius 2 is 1.76 bits per heavy atom. The molecule has 2 aliphatic carbocycles. The number of allylic oxidation sites excluding steroid dienone is 2. The molecule has 0 saturated carbocycles. The molecule has 5 heteroatoms. The number of rotatable bonds is 7. The lowest BCUT2D eigenvalue weighted by Gasteiger charge is -2.30. The molecule has 0 saturated heterocycles. The quantitative estimate of drug-likeness (QED) is 0.500. The summed E-state index contributed by atoms with van der Waals surface area (Å²) in [6.45, 7) is 0.584. The van der Waals surface area contributed by atoms with E-state index in [-0.39, 0.29) is 11.9 Å². The van der Waals surface area contributed by atoms with Gasteiger partial charge >= 0.3 is 0 Å². The first-order chi connectivity index (χ1) is 16.2. The van der Waals surface area contributed by atoms with Crippen LogP contribution < -0.4 is 14.4 Å². The van der Waals surface area contributed by atoms with Gasteiger partial charge in [0.15, 0.2) is 17.3 Å². The van der Waals surface area contributed by atoms with Gasteiger partial charge in [-0.2, -0.15) is 0 Å². The standard InChI is InChI=1S/C28H28N2O3/c1-32-27-13-12-24(18-28(27)33-26-15-20-7-2-3-8-21(20)16-26)30(19-22-9-4-5-14-29-22)23-10-6-11-25(31)17-23/h2-5,7-9,12-14,17-18,26H,6,10-11,15-16,19H2,1H3. The van der Waals surface area contributed by atoms with Gasteiger partial charge in [0.25, 0.3) is 0 Å². The number of fused-ring (bicyclic) bond motifs is 1. The van der Waals surface area contributed by atoms with Crippen LogP contribution in [0.3, 0.4) is 0 Å². The van der Waals surface area contributed by atoms with Crippen molar-refractivity contribution in [2.24, 2.45) is 0 Å². The Balaban J connectivity index is 1.46. The van der Waals surface area contributed by atoms with Crippen molar-refractivity contribution in [1.29, 1.82) is 0 Å². The van der Waals surface area contributed by atoms with E-state index >= 15 is 0 Å². The van der Waals surface area contributed by atoms with E-state index in [0.717, 1.165) is 48.5 Å². The molecule has 168 valence electrons. The van der Waals surface area contributed by atoms with E-state index in [2.05, 4.69) is 34.1 Å². The molecule has 33 heavy (non-hydrogen) atoms. The molecule has 2 aromatic carbocycles. The first kappa shape index (κ1) is 21.3. The summed E-state index contributed by atoms with van der Waals surface area (Å²) in [5.41, 5.74) is 5.62. The van der Waals surface area contributed by atoms with Crippen LogP contribution in [0.5, 0.6) is 11.5 Å². The van der Waals surface area contributed by atoms with Crippen LogP contribution in [0.1, 0.15) is 36.1 Å². The van der Waals surface area contributed by atoms with Gasteiger partial charge in [0, 0.05) is 49.0 Å². The minimum absolute atomic E-state index is 0.0752. The van der Waals surface area contributed by atoms with Gasteiger partial charge in [-0.3, -0.25) is 9.78 Å². The number of aromatic nitrogens is 1. The van der Waals surface area contributed by atoms with Crippen molar-refractivity contribution in [1.82, 2.24) is 4.98 Å². The zero-order valence-corrected chi connectivity index (χ0v) is 18.9. The summed E-state index contributed by atoms with van der Waals surface area (Å²) in [6.07, 6.45) is 7.77. The SMILES string of the molecule is COc1ccc(N(Cc2ccccn2)C2=CC(=O)CCC2)cc1OC1Cc2ccccc2C1. The number of hydrogen-bond donors (Lipinski definition) is 0. The molecule has 0 spiro atoms. The van der Waals surface area contributed by atoms with Crippen LogP contribution in [0, 0.1) is 0 Å². The third-order valence-electron chi connectivity index (χ3n) is 6.34. The Labute approximate surface area is 194 Å². The van der Waals surface area contributed by atoms with Gasteiger partial charge in [-0.15, -0.1) is 0 Å². The third-order valence-corrected chi connectivity index (χ3v) is 6.34. The minimum Gasteiger partial charge on any atom is -0.493 e. The molecule has 0 amide bonds. The van der Waals surface area contributed by atoms with Crippen molar-refractivity contribution >= 4 is 11.5 Å². The molecule has 0 radical (unpaired) electrons. The van der Waals surface area contributed by atoms with Crippen molar-refractivity contribution < 1.29 is 14.3 Å². The highest BCUT2D eigenvalue weighted by Gasteiger charge is 2.25. The molecule has 0 unspecified atom stereocenters. The second kappa shape index (κ2) is 9.49. The van der Waals surface area contributed by atoms with E-state index < -0.39 is 0 Å². The van der Waals surface area contributed by atoms with Crippen LogP contribution in [0.25, 0.3) is 0 Å². The lowest BCUT2D eigenvalue weighted by atomic mass is 10.0. The minimum atomic E-state index is 0.0752.